The third-order valence-electron chi connectivity index (χ3n) is 17.5. The van der Waals surface area contributed by atoms with Gasteiger partial charge >= 0.3 is 11.9 Å². The maximum Gasteiger partial charge on any atom is 0.306 e. The van der Waals surface area contributed by atoms with E-state index in [-0.39, 0.29) is 32.2 Å². The van der Waals surface area contributed by atoms with E-state index < -0.39 is 24.3 Å². The average molecular weight is 1280 g/mol. The zero-order valence-electron chi connectivity index (χ0n) is 60.7. The average Bonchev–Trinajstić information content (AvgIpc) is 3.46. The van der Waals surface area contributed by atoms with Gasteiger partial charge in [-0.25, -0.2) is 0 Å². The van der Waals surface area contributed by atoms with Crippen molar-refractivity contribution in [3.05, 3.63) is 72.9 Å². The molecule has 0 aromatic heterocycles. The van der Waals surface area contributed by atoms with Crippen molar-refractivity contribution in [2.45, 2.75) is 386 Å². The number of carboxylic acids is 1. The zero-order valence-corrected chi connectivity index (χ0v) is 60.7. The van der Waals surface area contributed by atoms with Crippen LogP contribution < -0.4 is 5.11 Å². The second-order valence-corrected chi connectivity index (χ2v) is 27.6. The topological polar surface area (TPSA) is 111 Å². The van der Waals surface area contributed by atoms with Gasteiger partial charge in [-0.1, -0.05) is 369 Å². The molecule has 9 nitrogen and oxygen atoms in total. The zero-order chi connectivity index (χ0) is 66.1. The first-order valence-electron chi connectivity index (χ1n) is 39.1. The molecule has 0 aromatic carbocycles. The smallest absolute Gasteiger partial charge is 0.306 e. The third kappa shape index (κ3) is 74.0. The van der Waals surface area contributed by atoms with Gasteiger partial charge in [0.25, 0.3) is 0 Å². The van der Waals surface area contributed by atoms with Crippen molar-refractivity contribution in [1.82, 2.24) is 0 Å². The van der Waals surface area contributed by atoms with Gasteiger partial charge in [-0.3, -0.25) is 9.59 Å². The fourth-order valence-electron chi connectivity index (χ4n) is 11.5. The number of quaternary nitrogens is 1. The van der Waals surface area contributed by atoms with Crippen LogP contribution in [0.1, 0.15) is 373 Å². The van der Waals surface area contributed by atoms with E-state index in [1.807, 2.05) is 21.1 Å². The fourth-order valence-corrected chi connectivity index (χ4v) is 11.5. The predicted octanol–water partition coefficient (Wildman–Crippen LogP) is 23.5. The van der Waals surface area contributed by atoms with Crippen LogP contribution in [0.4, 0.5) is 0 Å². The largest absolute Gasteiger partial charge is 0.545 e. The van der Waals surface area contributed by atoms with E-state index in [2.05, 4.69) is 86.8 Å². The minimum atomic E-state index is -1.62. The molecule has 0 N–H and O–H groups in total. The molecule has 9 heteroatoms. The molecule has 530 valence electrons. The quantitative estimate of drug-likeness (QED) is 0.0195. The van der Waals surface area contributed by atoms with Crippen molar-refractivity contribution in [3.63, 3.8) is 0 Å². The van der Waals surface area contributed by atoms with Crippen LogP contribution in [0.2, 0.25) is 0 Å². The van der Waals surface area contributed by atoms with Gasteiger partial charge in [-0.05, 0) is 64.2 Å². The number of carbonyl (C=O) groups excluding carboxylic acids is 3. The Kier molecular flexibility index (Phi) is 69.9. The van der Waals surface area contributed by atoms with Crippen LogP contribution >= 0.6 is 0 Å². The Morgan fingerprint density at radius 2 is 0.626 bits per heavy atom. The number of ether oxygens (including phenoxy) is 4. The Morgan fingerprint density at radius 1 is 0.341 bits per heavy atom. The molecule has 0 saturated heterocycles. The monoisotopic (exact) mass is 1280 g/mol. The molecular weight excluding hydrogens is 1130 g/mol. The molecule has 0 fully saturated rings. The minimum absolute atomic E-state index is 0.149. The molecule has 0 heterocycles. The number of aliphatic carboxylic acids is 1. The highest BCUT2D eigenvalue weighted by atomic mass is 16.7. The maximum atomic E-state index is 13.0. The molecule has 0 spiro atoms. The van der Waals surface area contributed by atoms with Crippen LogP contribution in [0.15, 0.2) is 72.9 Å². The summed E-state index contributed by atoms with van der Waals surface area (Å²) in [5, 5.41) is 11.9. The first-order chi connectivity index (χ1) is 44.6. The van der Waals surface area contributed by atoms with E-state index in [0.717, 1.165) is 70.6 Å². The summed E-state index contributed by atoms with van der Waals surface area (Å²) in [6, 6.07) is 0. The number of unbranched alkanes of at least 4 members (excludes halogenated alkanes) is 46. The number of carbonyl (C=O) groups is 3. The molecule has 0 bridgehead atoms. The Morgan fingerprint density at radius 3 is 0.934 bits per heavy atom. The van der Waals surface area contributed by atoms with E-state index in [1.165, 1.54) is 270 Å². The van der Waals surface area contributed by atoms with E-state index in [9.17, 15) is 19.5 Å². The molecule has 0 aliphatic heterocycles. The summed E-state index contributed by atoms with van der Waals surface area (Å²) in [6.45, 7) is 4.70. The molecule has 0 saturated carbocycles. The van der Waals surface area contributed by atoms with Crippen LogP contribution in [0.5, 0.6) is 0 Å². The number of hydrogen-bond acceptors (Lipinski definition) is 8. The Hall–Kier alpha value is -3.27. The van der Waals surface area contributed by atoms with E-state index in [1.54, 1.807) is 0 Å². The van der Waals surface area contributed by atoms with E-state index >= 15 is 0 Å². The predicted molar refractivity (Wildman–Crippen MR) is 389 cm³/mol. The molecule has 0 aliphatic rings. The van der Waals surface area contributed by atoms with Gasteiger partial charge in [0.2, 0.25) is 0 Å². The summed E-state index contributed by atoms with van der Waals surface area (Å²) in [7, 11) is 5.95. The van der Waals surface area contributed by atoms with Crippen molar-refractivity contribution >= 4 is 17.9 Å². The lowest BCUT2D eigenvalue weighted by Crippen LogP contribution is -2.44. The van der Waals surface area contributed by atoms with Crippen molar-refractivity contribution < 1.29 is 42.9 Å². The summed E-state index contributed by atoms with van der Waals surface area (Å²) in [5.74, 6) is -2.26. The molecule has 2 unspecified atom stereocenters. The number of rotatable bonds is 73. The van der Waals surface area contributed by atoms with Crippen LogP contribution in [0, 0.1) is 0 Å². The Bertz CT molecular complexity index is 1730. The van der Waals surface area contributed by atoms with Gasteiger partial charge in [0, 0.05) is 12.8 Å². The van der Waals surface area contributed by atoms with Gasteiger partial charge in [0.05, 0.1) is 40.3 Å². The molecular formula is C82H149NO8. The summed E-state index contributed by atoms with van der Waals surface area (Å²) >= 11 is 0. The highest BCUT2D eigenvalue weighted by Gasteiger charge is 2.22. The number of allylic oxidation sites excluding steroid dienone is 12. The lowest BCUT2D eigenvalue weighted by Gasteiger charge is -2.26. The molecule has 0 aromatic rings. The highest BCUT2D eigenvalue weighted by Crippen LogP contribution is 2.19. The summed E-state index contributed by atoms with van der Waals surface area (Å²) < 4.78 is 22.9. The SMILES string of the molecule is CC/C=C\C/C=C\C/C=C\C/C=C\C/C=C\C/C=C\CCCCCCCCCCCCCCCCCCC(=O)OC(COC(=O)CCCCCCCCCCCCCCCCCCCCCCCCCCCCCCCCC)COC(OCC[N+](C)(C)C)C(=O)[O-]. The van der Waals surface area contributed by atoms with Crippen LogP contribution in [-0.4, -0.2) is 82.3 Å². The molecule has 0 rings (SSSR count). The van der Waals surface area contributed by atoms with Gasteiger partial charge < -0.3 is 33.3 Å². The molecule has 91 heavy (non-hydrogen) atoms. The number of carboxylic acid groups (broad SMARTS) is 1. The van der Waals surface area contributed by atoms with Crippen LogP contribution in [-0.2, 0) is 33.3 Å². The maximum absolute atomic E-state index is 13.0. The molecule has 2 atom stereocenters. The van der Waals surface area contributed by atoms with Gasteiger partial charge in [0.1, 0.15) is 13.2 Å². The van der Waals surface area contributed by atoms with Crippen molar-refractivity contribution in [1.29, 1.82) is 0 Å². The van der Waals surface area contributed by atoms with E-state index in [4.69, 9.17) is 18.9 Å². The normalized spacial score (nSPS) is 13.0. The number of nitrogens with zero attached hydrogens (tertiary/aromatic N) is 1. The van der Waals surface area contributed by atoms with Crippen molar-refractivity contribution in [3.8, 4) is 0 Å². The van der Waals surface area contributed by atoms with Gasteiger partial charge in [-0.2, -0.15) is 0 Å². The minimum Gasteiger partial charge on any atom is -0.545 e. The number of likely N-dealkylation sites (N-methyl/N-ethyl adjacent to an activating group) is 1. The molecule has 0 aliphatic carbocycles. The van der Waals surface area contributed by atoms with Crippen LogP contribution in [0.3, 0.4) is 0 Å². The van der Waals surface area contributed by atoms with Crippen molar-refractivity contribution in [2.75, 3.05) is 47.5 Å². The first-order valence-corrected chi connectivity index (χ1v) is 39.1. The summed E-state index contributed by atoms with van der Waals surface area (Å²) in [6.07, 6.45) is 94.5. The van der Waals surface area contributed by atoms with Gasteiger partial charge in [0.15, 0.2) is 12.4 Å². The van der Waals surface area contributed by atoms with Crippen LogP contribution in [0.25, 0.3) is 0 Å². The fraction of sp³-hybridized carbons (Fsp3) is 0.817. The van der Waals surface area contributed by atoms with E-state index in [0.29, 0.717) is 23.9 Å². The third-order valence-corrected chi connectivity index (χ3v) is 17.5. The summed E-state index contributed by atoms with van der Waals surface area (Å²) in [5.41, 5.74) is 0. The summed E-state index contributed by atoms with van der Waals surface area (Å²) in [4.78, 5) is 37.6. The lowest BCUT2D eigenvalue weighted by molar-refractivity contribution is -0.870. The van der Waals surface area contributed by atoms with Gasteiger partial charge in [-0.15, -0.1) is 0 Å². The highest BCUT2D eigenvalue weighted by molar-refractivity contribution is 5.70. The Labute approximate surface area is 564 Å². The lowest BCUT2D eigenvalue weighted by atomic mass is 10.0. The number of esters is 2. The second kappa shape index (κ2) is 72.6. The molecule has 0 radical (unpaired) electrons. The first kappa shape index (κ1) is 87.7. The van der Waals surface area contributed by atoms with Crippen molar-refractivity contribution in [2.24, 2.45) is 0 Å². The standard InChI is InChI=1S/C82H149NO8/c1-6-8-10-12-14-16-18-20-22-24-26-28-30-32-34-36-38-39-40-41-43-45-47-49-51-53-55-57-59-61-63-65-67-69-71-73-80(85)91-78(77-90-82(81(86)87)88-75-74-83(3,4)5)76-89-79(84)72-70-68-66-64-62-60-58-56-54-52-50-48-46-44-42-37-35-33-31-29-27-25-23-21-19-17-15-13-11-9-7-2/h8,10,14,16,20,22,26,28,32,34,38-39,78,82H,6-7,9,11-13,15,17-19,21,23-25,27,29-31,33,35-37,40-77H2,1-5H3/b10-8-,16-14-,22-20-,28-26-,34-32-,39-38-. The number of hydrogen-bond donors (Lipinski definition) is 0. The molecule has 0 amide bonds. The Balaban J connectivity index is 4.02. The second-order valence-electron chi connectivity index (χ2n) is 27.6.